The highest BCUT2D eigenvalue weighted by molar-refractivity contribution is 5.95. The van der Waals surface area contributed by atoms with Gasteiger partial charge < -0.3 is 19.5 Å². The van der Waals surface area contributed by atoms with Crippen LogP contribution >= 0.6 is 0 Å². The van der Waals surface area contributed by atoms with E-state index in [0.717, 1.165) is 16.7 Å². The fraction of sp³-hybridized carbons (Fsp3) is 0.286. The summed E-state index contributed by atoms with van der Waals surface area (Å²) < 4.78 is 16.0. The van der Waals surface area contributed by atoms with Gasteiger partial charge in [0, 0.05) is 24.8 Å². The number of hydrogen-bond donors (Lipinski definition) is 1. The van der Waals surface area contributed by atoms with Gasteiger partial charge in [-0.3, -0.25) is 4.79 Å². The van der Waals surface area contributed by atoms with E-state index in [1.165, 1.54) is 0 Å². The number of rotatable bonds is 9. The molecule has 138 valence electrons. The fourth-order valence-electron chi connectivity index (χ4n) is 2.79. The van der Waals surface area contributed by atoms with Gasteiger partial charge >= 0.3 is 0 Å². The molecule has 0 bridgehead atoms. The Kier molecular flexibility index (Phi) is 7.24. The highest BCUT2D eigenvalue weighted by Crippen LogP contribution is 2.33. The molecule has 0 aromatic heterocycles. The van der Waals surface area contributed by atoms with Crippen molar-refractivity contribution in [3.8, 4) is 11.5 Å². The van der Waals surface area contributed by atoms with E-state index in [-0.39, 0.29) is 5.91 Å². The average Bonchev–Trinajstić information content (AvgIpc) is 2.66. The number of nitrogens with one attached hydrogen (secondary N) is 1. The molecule has 0 unspecified atom stereocenters. The predicted molar refractivity (Wildman–Crippen MR) is 102 cm³/mol. The molecule has 0 saturated carbocycles. The molecular formula is C21H25NO4. The molecule has 2 aromatic carbocycles. The normalized spacial score (nSPS) is 10.3. The lowest BCUT2D eigenvalue weighted by molar-refractivity contribution is 0.0950. The van der Waals surface area contributed by atoms with E-state index in [9.17, 15) is 4.79 Å². The number of benzene rings is 2. The molecule has 0 atom stereocenters. The third-order valence-corrected chi connectivity index (χ3v) is 4.04. The summed E-state index contributed by atoms with van der Waals surface area (Å²) in [6, 6.07) is 11.4. The van der Waals surface area contributed by atoms with Gasteiger partial charge in [-0.15, -0.1) is 6.58 Å². The Labute approximate surface area is 154 Å². The number of ether oxygens (including phenoxy) is 3. The third-order valence-electron chi connectivity index (χ3n) is 4.04. The molecule has 0 aliphatic carbocycles. The van der Waals surface area contributed by atoms with E-state index in [0.29, 0.717) is 36.6 Å². The molecule has 1 N–H and O–H groups in total. The molecular weight excluding hydrogens is 330 g/mol. The molecule has 1 amide bonds. The van der Waals surface area contributed by atoms with Crippen LogP contribution in [0.25, 0.3) is 0 Å². The van der Waals surface area contributed by atoms with E-state index in [4.69, 9.17) is 14.2 Å². The van der Waals surface area contributed by atoms with Crippen LogP contribution in [0, 0.1) is 0 Å². The van der Waals surface area contributed by atoms with Gasteiger partial charge in [-0.25, -0.2) is 0 Å². The maximum Gasteiger partial charge on any atom is 0.251 e. The first-order valence-corrected chi connectivity index (χ1v) is 8.34. The molecule has 26 heavy (non-hydrogen) atoms. The number of carbonyl (C=O) groups is 1. The van der Waals surface area contributed by atoms with Crippen LogP contribution in [0.5, 0.6) is 11.5 Å². The Balaban J connectivity index is 2.22. The van der Waals surface area contributed by atoms with Crippen molar-refractivity contribution in [2.75, 3.05) is 21.3 Å². The Morgan fingerprint density at radius 1 is 1.08 bits per heavy atom. The molecule has 0 radical (unpaired) electrons. The molecule has 2 rings (SSSR count). The second kappa shape index (κ2) is 9.63. The van der Waals surface area contributed by atoms with Crippen molar-refractivity contribution < 1.29 is 19.0 Å². The lowest BCUT2D eigenvalue weighted by atomic mass is 10.0. The smallest absolute Gasteiger partial charge is 0.251 e. The van der Waals surface area contributed by atoms with Crippen LogP contribution in [-0.2, 0) is 24.3 Å². The SMILES string of the molecule is C=CCc1cc(C(=O)NCc2ccccc2COC)cc(OC)c1OC. The van der Waals surface area contributed by atoms with Crippen molar-refractivity contribution in [3.63, 3.8) is 0 Å². The van der Waals surface area contributed by atoms with Gasteiger partial charge in [0.05, 0.1) is 20.8 Å². The van der Waals surface area contributed by atoms with Gasteiger partial charge in [0.2, 0.25) is 0 Å². The maximum absolute atomic E-state index is 12.6. The maximum atomic E-state index is 12.6. The second-order valence-corrected chi connectivity index (χ2v) is 5.75. The van der Waals surface area contributed by atoms with Crippen molar-refractivity contribution in [2.45, 2.75) is 19.6 Å². The van der Waals surface area contributed by atoms with Crippen LogP contribution in [0.2, 0.25) is 0 Å². The average molecular weight is 355 g/mol. The summed E-state index contributed by atoms with van der Waals surface area (Å²) in [6.45, 7) is 4.68. The summed E-state index contributed by atoms with van der Waals surface area (Å²) in [5.74, 6) is 0.967. The van der Waals surface area contributed by atoms with Gasteiger partial charge in [0.25, 0.3) is 5.91 Å². The molecule has 0 aliphatic heterocycles. The number of allylic oxidation sites excluding steroid dienone is 1. The molecule has 0 heterocycles. The highest BCUT2D eigenvalue weighted by atomic mass is 16.5. The molecule has 5 nitrogen and oxygen atoms in total. The lowest BCUT2D eigenvalue weighted by Gasteiger charge is -2.15. The Bertz CT molecular complexity index is 771. The van der Waals surface area contributed by atoms with Crippen LogP contribution in [-0.4, -0.2) is 27.2 Å². The van der Waals surface area contributed by atoms with Crippen LogP contribution in [0.3, 0.4) is 0 Å². The number of hydrogen-bond acceptors (Lipinski definition) is 4. The van der Waals surface area contributed by atoms with Crippen molar-refractivity contribution in [3.05, 3.63) is 71.3 Å². The predicted octanol–water partition coefficient (Wildman–Crippen LogP) is 3.51. The molecule has 0 fully saturated rings. The van der Waals surface area contributed by atoms with Crippen molar-refractivity contribution in [1.82, 2.24) is 5.32 Å². The standard InChI is InChI=1S/C21H25NO4/c1-5-8-15-11-18(12-19(25-3)20(15)26-4)21(23)22-13-16-9-6-7-10-17(16)14-24-2/h5-7,9-12H,1,8,13-14H2,2-4H3,(H,22,23). The van der Waals surface area contributed by atoms with Crippen LogP contribution in [0.4, 0.5) is 0 Å². The van der Waals surface area contributed by atoms with Crippen LogP contribution in [0.1, 0.15) is 27.0 Å². The van der Waals surface area contributed by atoms with Crippen molar-refractivity contribution in [1.29, 1.82) is 0 Å². The van der Waals surface area contributed by atoms with Gasteiger partial charge in [0.1, 0.15) is 0 Å². The summed E-state index contributed by atoms with van der Waals surface area (Å²) in [7, 11) is 4.79. The Morgan fingerprint density at radius 3 is 2.42 bits per heavy atom. The van der Waals surface area contributed by atoms with E-state index in [2.05, 4.69) is 11.9 Å². The minimum absolute atomic E-state index is 0.177. The zero-order valence-corrected chi connectivity index (χ0v) is 15.5. The minimum atomic E-state index is -0.177. The monoisotopic (exact) mass is 355 g/mol. The summed E-state index contributed by atoms with van der Waals surface area (Å²) in [4.78, 5) is 12.6. The first-order chi connectivity index (χ1) is 12.6. The zero-order valence-electron chi connectivity index (χ0n) is 15.5. The number of amides is 1. The summed E-state index contributed by atoms with van der Waals surface area (Å²) in [6.07, 6.45) is 2.34. The first kappa shape index (κ1) is 19.5. The minimum Gasteiger partial charge on any atom is -0.493 e. The first-order valence-electron chi connectivity index (χ1n) is 8.34. The molecule has 2 aromatic rings. The topological polar surface area (TPSA) is 56.8 Å². The van der Waals surface area contributed by atoms with Gasteiger partial charge in [-0.2, -0.15) is 0 Å². The van der Waals surface area contributed by atoms with E-state index < -0.39 is 0 Å². The van der Waals surface area contributed by atoms with Gasteiger partial charge in [-0.1, -0.05) is 30.3 Å². The molecule has 0 aliphatic rings. The number of carbonyl (C=O) groups excluding carboxylic acids is 1. The number of methoxy groups -OCH3 is 3. The van der Waals surface area contributed by atoms with E-state index in [1.54, 1.807) is 39.5 Å². The van der Waals surface area contributed by atoms with Crippen LogP contribution in [0.15, 0.2) is 49.1 Å². The summed E-state index contributed by atoms with van der Waals surface area (Å²) >= 11 is 0. The zero-order chi connectivity index (χ0) is 18.9. The van der Waals surface area contributed by atoms with Gasteiger partial charge in [-0.05, 0) is 29.7 Å². The quantitative estimate of drug-likeness (QED) is 0.700. The summed E-state index contributed by atoms with van der Waals surface area (Å²) in [5, 5.41) is 2.96. The molecule has 5 heteroatoms. The largest absolute Gasteiger partial charge is 0.493 e. The van der Waals surface area contributed by atoms with Crippen molar-refractivity contribution >= 4 is 5.91 Å². The van der Waals surface area contributed by atoms with Crippen molar-refractivity contribution in [2.24, 2.45) is 0 Å². The second-order valence-electron chi connectivity index (χ2n) is 5.75. The Hall–Kier alpha value is -2.79. The third kappa shape index (κ3) is 4.64. The molecule has 0 saturated heterocycles. The lowest BCUT2D eigenvalue weighted by Crippen LogP contribution is -2.23. The highest BCUT2D eigenvalue weighted by Gasteiger charge is 2.16. The van der Waals surface area contributed by atoms with Crippen LogP contribution < -0.4 is 14.8 Å². The van der Waals surface area contributed by atoms with E-state index >= 15 is 0 Å². The van der Waals surface area contributed by atoms with Gasteiger partial charge in [0.15, 0.2) is 11.5 Å². The van der Waals surface area contributed by atoms with E-state index in [1.807, 2.05) is 24.3 Å². The fourth-order valence-corrected chi connectivity index (χ4v) is 2.79. The summed E-state index contributed by atoms with van der Waals surface area (Å²) in [5.41, 5.74) is 3.44. The molecule has 0 spiro atoms. The Morgan fingerprint density at radius 2 is 1.81 bits per heavy atom.